The van der Waals surface area contributed by atoms with E-state index in [-0.39, 0.29) is 22.8 Å². The molecule has 0 aromatic heterocycles. The summed E-state index contributed by atoms with van der Waals surface area (Å²) in [5.41, 5.74) is 0.126. The predicted molar refractivity (Wildman–Crippen MR) is 74.8 cm³/mol. The van der Waals surface area contributed by atoms with Gasteiger partial charge in [0.05, 0.1) is 10.7 Å². The number of Topliss-reactive ketones (excluding diaryl/α,β-unsaturated/α-hetero) is 1. The predicted octanol–water partition coefficient (Wildman–Crippen LogP) is 2.72. The first-order chi connectivity index (χ1) is 9.04. The molecule has 0 saturated carbocycles. The number of benzene rings is 1. The Morgan fingerprint density at radius 3 is 2.74 bits per heavy atom. The van der Waals surface area contributed by atoms with Crippen molar-refractivity contribution in [1.29, 1.82) is 0 Å². The molecule has 0 fully saturated rings. The normalized spacial score (nSPS) is 12.1. The van der Waals surface area contributed by atoms with Gasteiger partial charge in [0.2, 0.25) is 0 Å². The van der Waals surface area contributed by atoms with Gasteiger partial charge in [-0.05, 0) is 6.42 Å². The van der Waals surface area contributed by atoms with Crippen molar-refractivity contribution in [1.82, 2.24) is 0 Å². The van der Waals surface area contributed by atoms with Crippen molar-refractivity contribution in [2.45, 2.75) is 26.2 Å². The van der Waals surface area contributed by atoms with Crippen LogP contribution in [-0.2, 0) is 10.8 Å². The Hall–Kier alpha value is -1.56. The fraction of sp³-hybridized carbons (Fsp3) is 0.462. The number of nitrogens with zero attached hydrogens (tertiary/aromatic N) is 1. The molecule has 1 atom stereocenters. The first kappa shape index (κ1) is 15.5. The Labute approximate surface area is 114 Å². The van der Waals surface area contributed by atoms with E-state index in [0.717, 1.165) is 19.3 Å². The van der Waals surface area contributed by atoms with E-state index in [9.17, 15) is 19.1 Å². The minimum Gasteiger partial charge on any atom is -0.293 e. The van der Waals surface area contributed by atoms with E-state index in [4.69, 9.17) is 0 Å². The van der Waals surface area contributed by atoms with Crippen LogP contribution in [0.3, 0.4) is 0 Å². The molecule has 0 N–H and O–H groups in total. The molecule has 6 heteroatoms. The lowest BCUT2D eigenvalue weighted by atomic mass is 10.1. The summed E-state index contributed by atoms with van der Waals surface area (Å²) in [6.45, 7) is 2.05. The average molecular weight is 283 g/mol. The van der Waals surface area contributed by atoms with Crippen LogP contribution in [-0.4, -0.2) is 26.4 Å². The number of nitro groups is 1. The smallest absolute Gasteiger partial charge is 0.270 e. The molecule has 5 nitrogen and oxygen atoms in total. The van der Waals surface area contributed by atoms with Crippen molar-refractivity contribution >= 4 is 22.3 Å². The minimum absolute atomic E-state index is 0.0646. The highest BCUT2D eigenvalue weighted by molar-refractivity contribution is 7.85. The number of ketones is 1. The molecule has 1 aromatic rings. The van der Waals surface area contributed by atoms with Gasteiger partial charge >= 0.3 is 0 Å². The molecule has 19 heavy (non-hydrogen) atoms. The van der Waals surface area contributed by atoms with Crippen LogP contribution in [0.5, 0.6) is 0 Å². The van der Waals surface area contributed by atoms with Crippen LogP contribution in [0.2, 0.25) is 0 Å². The number of non-ortho nitro benzene ring substituents is 1. The highest BCUT2D eigenvalue weighted by atomic mass is 32.2. The van der Waals surface area contributed by atoms with Gasteiger partial charge in [0.1, 0.15) is 0 Å². The zero-order valence-corrected chi connectivity index (χ0v) is 11.6. The maximum absolute atomic E-state index is 11.8. The summed E-state index contributed by atoms with van der Waals surface area (Å²) in [6.07, 6.45) is 2.87. The molecule has 1 rings (SSSR count). The molecule has 0 saturated heterocycles. The molecule has 0 bridgehead atoms. The fourth-order valence-electron chi connectivity index (χ4n) is 1.61. The Balaban J connectivity index is 2.60. The largest absolute Gasteiger partial charge is 0.293 e. The molecule has 0 heterocycles. The lowest BCUT2D eigenvalue weighted by Crippen LogP contribution is -2.13. The molecule has 0 spiro atoms. The molecule has 0 radical (unpaired) electrons. The molecular formula is C13H17NO4S. The first-order valence-corrected chi connectivity index (χ1v) is 7.66. The number of rotatable bonds is 8. The van der Waals surface area contributed by atoms with Crippen LogP contribution < -0.4 is 0 Å². The third-order valence-corrected chi connectivity index (χ3v) is 3.97. The molecular weight excluding hydrogens is 266 g/mol. The van der Waals surface area contributed by atoms with Crippen LogP contribution >= 0.6 is 0 Å². The summed E-state index contributed by atoms with van der Waals surface area (Å²) < 4.78 is 11.7. The van der Waals surface area contributed by atoms with Crippen molar-refractivity contribution in [3.05, 3.63) is 39.9 Å². The second-order valence-electron chi connectivity index (χ2n) is 4.23. The van der Waals surface area contributed by atoms with Crippen molar-refractivity contribution in [2.24, 2.45) is 0 Å². The second kappa shape index (κ2) is 7.78. The average Bonchev–Trinajstić information content (AvgIpc) is 2.39. The molecule has 0 aliphatic rings. The first-order valence-electron chi connectivity index (χ1n) is 6.17. The van der Waals surface area contributed by atoms with Crippen molar-refractivity contribution in [2.75, 3.05) is 11.5 Å². The summed E-state index contributed by atoms with van der Waals surface area (Å²) in [5.74, 6) is 0.137. The number of nitro benzene ring substituents is 1. The van der Waals surface area contributed by atoms with Gasteiger partial charge in [-0.3, -0.25) is 19.1 Å². The van der Waals surface area contributed by atoms with Gasteiger partial charge in [-0.2, -0.15) is 0 Å². The zero-order chi connectivity index (χ0) is 14.3. The fourth-order valence-corrected chi connectivity index (χ4v) is 2.74. The van der Waals surface area contributed by atoms with E-state index >= 15 is 0 Å². The van der Waals surface area contributed by atoms with E-state index in [1.165, 1.54) is 24.3 Å². The summed E-state index contributed by atoms with van der Waals surface area (Å²) in [7, 11) is -1.19. The van der Waals surface area contributed by atoms with Gasteiger partial charge < -0.3 is 0 Å². The summed E-state index contributed by atoms with van der Waals surface area (Å²) in [4.78, 5) is 21.9. The van der Waals surface area contributed by atoms with E-state index < -0.39 is 15.7 Å². The second-order valence-corrected chi connectivity index (χ2v) is 5.80. The number of carbonyl (C=O) groups is 1. The van der Waals surface area contributed by atoms with Gasteiger partial charge in [-0.25, -0.2) is 0 Å². The van der Waals surface area contributed by atoms with Crippen molar-refractivity contribution in [3.8, 4) is 0 Å². The van der Waals surface area contributed by atoms with Crippen LogP contribution in [0.4, 0.5) is 5.69 Å². The van der Waals surface area contributed by atoms with E-state index in [1.807, 2.05) is 0 Å². The van der Waals surface area contributed by atoms with Crippen LogP contribution in [0, 0.1) is 10.1 Å². The zero-order valence-electron chi connectivity index (χ0n) is 10.8. The molecule has 1 aromatic carbocycles. The van der Waals surface area contributed by atoms with E-state index in [2.05, 4.69) is 6.92 Å². The van der Waals surface area contributed by atoms with Crippen LogP contribution in [0.25, 0.3) is 0 Å². The number of hydrogen-bond donors (Lipinski definition) is 0. The van der Waals surface area contributed by atoms with E-state index in [1.54, 1.807) is 0 Å². The maximum atomic E-state index is 11.8. The molecule has 1 unspecified atom stereocenters. The monoisotopic (exact) mass is 283 g/mol. The minimum atomic E-state index is -1.19. The Bertz CT molecular complexity index is 487. The Morgan fingerprint density at radius 2 is 2.11 bits per heavy atom. The van der Waals surface area contributed by atoms with Gasteiger partial charge in [0, 0.05) is 34.2 Å². The molecule has 0 amide bonds. The van der Waals surface area contributed by atoms with Crippen LogP contribution in [0.15, 0.2) is 24.3 Å². The lowest BCUT2D eigenvalue weighted by Gasteiger charge is -2.02. The standard InChI is InChI=1S/C13H17NO4S/c1-2-3-4-8-19(18)10-13(15)11-6-5-7-12(9-11)14(16)17/h5-7,9H,2-4,8,10H2,1H3. The van der Waals surface area contributed by atoms with Crippen molar-refractivity contribution in [3.63, 3.8) is 0 Å². The Morgan fingerprint density at radius 1 is 1.37 bits per heavy atom. The number of unbranched alkanes of at least 4 members (excludes halogenated alkanes) is 2. The molecule has 0 aliphatic heterocycles. The Kier molecular flexibility index (Phi) is 6.35. The van der Waals surface area contributed by atoms with Gasteiger partial charge in [0.25, 0.3) is 5.69 Å². The lowest BCUT2D eigenvalue weighted by molar-refractivity contribution is -0.384. The maximum Gasteiger partial charge on any atom is 0.270 e. The molecule has 0 aliphatic carbocycles. The third kappa shape index (κ3) is 5.30. The third-order valence-electron chi connectivity index (χ3n) is 2.65. The summed E-state index contributed by atoms with van der Waals surface area (Å²) in [6, 6.07) is 5.53. The number of hydrogen-bond acceptors (Lipinski definition) is 4. The number of carbonyl (C=O) groups excluding carboxylic acids is 1. The van der Waals surface area contributed by atoms with Gasteiger partial charge in [0.15, 0.2) is 5.78 Å². The quantitative estimate of drug-likeness (QED) is 0.318. The highest BCUT2D eigenvalue weighted by Gasteiger charge is 2.13. The van der Waals surface area contributed by atoms with Crippen molar-refractivity contribution < 1.29 is 13.9 Å². The van der Waals surface area contributed by atoms with Crippen LogP contribution in [0.1, 0.15) is 36.5 Å². The SMILES string of the molecule is CCCCCS(=O)CC(=O)c1cccc([N+](=O)[O-])c1. The summed E-state index contributed by atoms with van der Waals surface area (Å²) in [5, 5.41) is 10.6. The van der Waals surface area contributed by atoms with Gasteiger partial charge in [-0.1, -0.05) is 31.9 Å². The summed E-state index contributed by atoms with van der Waals surface area (Å²) >= 11 is 0. The van der Waals surface area contributed by atoms with Gasteiger partial charge in [-0.15, -0.1) is 0 Å². The highest BCUT2D eigenvalue weighted by Crippen LogP contribution is 2.14. The molecule has 104 valence electrons. The van der Waals surface area contributed by atoms with E-state index in [0.29, 0.717) is 5.75 Å². The topological polar surface area (TPSA) is 77.3 Å².